The lowest BCUT2D eigenvalue weighted by molar-refractivity contribution is -0.145. The topological polar surface area (TPSA) is 105 Å². The molecule has 0 aromatic carbocycles. The van der Waals surface area contributed by atoms with E-state index in [1.54, 1.807) is 14.2 Å². The summed E-state index contributed by atoms with van der Waals surface area (Å²) in [5.74, 6) is -2.29. The highest BCUT2D eigenvalue weighted by Gasteiger charge is 2.28. The predicted octanol–water partition coefficient (Wildman–Crippen LogP) is 0.259. The third-order valence-corrected chi connectivity index (χ3v) is 5.73. The zero-order chi connectivity index (χ0) is 14.2. The summed E-state index contributed by atoms with van der Waals surface area (Å²) < 4.78 is 10.6. The molecular weight excluding hydrogens is 258 g/mol. The van der Waals surface area contributed by atoms with Gasteiger partial charge in [-0.2, -0.15) is 0 Å². The van der Waals surface area contributed by atoms with Crippen molar-refractivity contribution in [1.82, 2.24) is 5.32 Å². The monoisotopic (exact) mass is 279 g/mol. The van der Waals surface area contributed by atoms with Gasteiger partial charge in [-0.05, 0) is 25.6 Å². The Balaban J connectivity index is 4.00. The van der Waals surface area contributed by atoms with Crippen molar-refractivity contribution in [3.05, 3.63) is 0 Å². The summed E-state index contributed by atoms with van der Waals surface area (Å²) in [7, 11) is 1.05. The fourth-order valence-corrected chi connectivity index (χ4v) is 2.79. The Kier molecular flexibility index (Phi) is 7.76. The van der Waals surface area contributed by atoms with E-state index >= 15 is 0 Å². The van der Waals surface area contributed by atoms with Crippen LogP contribution in [-0.4, -0.2) is 57.5 Å². The molecule has 0 unspecified atom stereocenters. The summed E-state index contributed by atoms with van der Waals surface area (Å²) >= 11 is 0. The molecule has 0 heterocycles. The first-order valence-electron chi connectivity index (χ1n) is 5.63. The molecular formula is C10H21NO6Si. The highest BCUT2D eigenvalue weighted by atomic mass is 28.4. The van der Waals surface area contributed by atoms with Crippen LogP contribution in [0, 0.1) is 0 Å². The van der Waals surface area contributed by atoms with Gasteiger partial charge in [0, 0.05) is 14.2 Å². The maximum atomic E-state index is 10.8. The van der Waals surface area contributed by atoms with Crippen LogP contribution >= 0.6 is 0 Å². The van der Waals surface area contributed by atoms with Gasteiger partial charge in [-0.3, -0.25) is 9.59 Å². The van der Waals surface area contributed by atoms with Gasteiger partial charge in [0.15, 0.2) is 0 Å². The van der Waals surface area contributed by atoms with Gasteiger partial charge in [0.05, 0.1) is 6.42 Å². The van der Waals surface area contributed by atoms with Gasteiger partial charge in [0.1, 0.15) is 6.04 Å². The van der Waals surface area contributed by atoms with Crippen LogP contribution < -0.4 is 5.32 Å². The van der Waals surface area contributed by atoms with Crippen molar-refractivity contribution in [3.8, 4) is 0 Å². The van der Waals surface area contributed by atoms with Crippen LogP contribution in [0.25, 0.3) is 0 Å². The average molecular weight is 279 g/mol. The van der Waals surface area contributed by atoms with Crippen molar-refractivity contribution in [2.24, 2.45) is 0 Å². The minimum atomic E-state index is -2.13. The fraction of sp³-hybridized carbons (Fsp3) is 0.800. The van der Waals surface area contributed by atoms with Crippen LogP contribution in [0.15, 0.2) is 0 Å². The minimum Gasteiger partial charge on any atom is -0.481 e. The highest BCUT2D eigenvalue weighted by Crippen LogP contribution is 2.13. The summed E-state index contributed by atoms with van der Waals surface area (Å²) in [6, 6.07) is -0.340. The van der Waals surface area contributed by atoms with Crippen molar-refractivity contribution < 1.29 is 28.7 Å². The summed E-state index contributed by atoms with van der Waals surface area (Å²) in [4.78, 5) is 21.2. The second kappa shape index (κ2) is 8.19. The third kappa shape index (κ3) is 6.69. The molecule has 0 saturated carbocycles. The maximum Gasteiger partial charge on any atom is 0.334 e. The molecule has 7 nitrogen and oxygen atoms in total. The minimum absolute atomic E-state index is 0.416. The SMILES string of the molecule is CO[Si](C)(CCCN[C@@H](CC(=O)O)C(=O)O)OC. The van der Waals surface area contributed by atoms with Gasteiger partial charge in [0.25, 0.3) is 0 Å². The lowest BCUT2D eigenvalue weighted by Crippen LogP contribution is -2.41. The molecule has 0 spiro atoms. The van der Waals surface area contributed by atoms with Gasteiger partial charge in [-0.25, -0.2) is 0 Å². The normalized spacial score (nSPS) is 13.3. The van der Waals surface area contributed by atoms with E-state index in [1.807, 2.05) is 6.55 Å². The quantitative estimate of drug-likeness (QED) is 0.389. The molecule has 18 heavy (non-hydrogen) atoms. The van der Waals surface area contributed by atoms with Crippen molar-refractivity contribution in [1.29, 1.82) is 0 Å². The first-order chi connectivity index (χ1) is 8.34. The fourth-order valence-electron chi connectivity index (χ4n) is 1.39. The highest BCUT2D eigenvalue weighted by molar-refractivity contribution is 6.65. The molecule has 0 bridgehead atoms. The zero-order valence-electron chi connectivity index (χ0n) is 10.9. The summed E-state index contributed by atoms with van der Waals surface area (Å²) in [6.07, 6.45) is 0.242. The van der Waals surface area contributed by atoms with Crippen LogP contribution in [0.4, 0.5) is 0 Å². The number of carboxylic acid groups (broad SMARTS) is 2. The van der Waals surface area contributed by atoms with E-state index in [1.165, 1.54) is 0 Å². The molecule has 8 heteroatoms. The lowest BCUT2D eigenvalue weighted by atomic mass is 10.2. The number of rotatable bonds is 10. The van der Waals surface area contributed by atoms with Gasteiger partial charge in [-0.15, -0.1) is 0 Å². The van der Waals surface area contributed by atoms with Crippen LogP contribution in [0.3, 0.4) is 0 Å². The van der Waals surface area contributed by atoms with Crippen molar-refractivity contribution in [2.45, 2.75) is 31.5 Å². The molecule has 0 aliphatic heterocycles. The largest absolute Gasteiger partial charge is 0.481 e. The molecule has 0 aromatic rings. The van der Waals surface area contributed by atoms with Gasteiger partial charge in [0.2, 0.25) is 0 Å². The van der Waals surface area contributed by atoms with Crippen molar-refractivity contribution in [3.63, 3.8) is 0 Å². The summed E-state index contributed by atoms with van der Waals surface area (Å²) in [6.45, 7) is 2.33. The summed E-state index contributed by atoms with van der Waals surface area (Å²) in [5, 5.41) is 20.1. The number of hydrogen-bond donors (Lipinski definition) is 3. The number of nitrogens with one attached hydrogen (secondary N) is 1. The second-order valence-electron chi connectivity index (χ2n) is 4.09. The number of carbonyl (C=O) groups is 2. The summed E-state index contributed by atoms with van der Waals surface area (Å²) in [5.41, 5.74) is 0. The third-order valence-electron chi connectivity index (χ3n) is 2.74. The Bertz CT molecular complexity index is 282. The number of hydrogen-bond acceptors (Lipinski definition) is 5. The van der Waals surface area contributed by atoms with Crippen LogP contribution in [0.2, 0.25) is 12.6 Å². The molecule has 0 rings (SSSR count). The first-order valence-corrected chi connectivity index (χ1v) is 8.15. The Morgan fingerprint density at radius 1 is 1.28 bits per heavy atom. The van der Waals surface area contributed by atoms with Crippen molar-refractivity contribution in [2.75, 3.05) is 20.8 Å². The molecule has 1 atom stereocenters. The molecule has 0 saturated heterocycles. The van der Waals surface area contributed by atoms with E-state index in [0.29, 0.717) is 19.0 Å². The van der Waals surface area contributed by atoms with E-state index in [9.17, 15) is 9.59 Å². The molecule has 0 radical (unpaired) electrons. The van der Waals surface area contributed by atoms with Crippen molar-refractivity contribution >= 4 is 20.5 Å². The van der Waals surface area contributed by atoms with Crippen LogP contribution in [0.5, 0.6) is 0 Å². The van der Waals surface area contributed by atoms with Gasteiger partial charge in [-0.1, -0.05) is 0 Å². The maximum absolute atomic E-state index is 10.8. The first kappa shape index (κ1) is 17.0. The zero-order valence-corrected chi connectivity index (χ0v) is 11.9. The van der Waals surface area contributed by atoms with E-state index < -0.39 is 33.0 Å². The number of carboxylic acids is 2. The molecule has 0 aliphatic rings. The second-order valence-corrected chi connectivity index (χ2v) is 7.67. The van der Waals surface area contributed by atoms with E-state index in [2.05, 4.69) is 5.32 Å². The number of aliphatic carboxylic acids is 2. The van der Waals surface area contributed by atoms with Crippen LogP contribution in [-0.2, 0) is 18.4 Å². The molecule has 106 valence electrons. The molecule has 0 aliphatic carbocycles. The Morgan fingerprint density at radius 2 is 1.83 bits per heavy atom. The Morgan fingerprint density at radius 3 is 2.22 bits per heavy atom. The molecule has 0 aromatic heterocycles. The average Bonchev–Trinajstić information content (AvgIpc) is 2.32. The van der Waals surface area contributed by atoms with Crippen LogP contribution in [0.1, 0.15) is 12.8 Å². The molecule has 0 fully saturated rings. The van der Waals surface area contributed by atoms with Gasteiger partial charge >= 0.3 is 20.5 Å². The molecule has 3 N–H and O–H groups in total. The Hall–Kier alpha value is -0.963. The van der Waals surface area contributed by atoms with Gasteiger partial charge < -0.3 is 24.4 Å². The van der Waals surface area contributed by atoms with E-state index in [0.717, 1.165) is 0 Å². The van der Waals surface area contributed by atoms with E-state index in [4.69, 9.17) is 19.1 Å². The predicted molar refractivity (Wildman–Crippen MR) is 66.7 cm³/mol. The standard InChI is InChI=1S/C10H21NO6Si/c1-16-18(3,17-2)6-4-5-11-8(10(14)15)7-9(12)13/h8,11H,4-7H2,1-3H3,(H,12,13)(H,14,15)/t8-/m0/s1. The Labute approximate surface area is 107 Å². The lowest BCUT2D eigenvalue weighted by Gasteiger charge is -2.22. The smallest absolute Gasteiger partial charge is 0.334 e. The molecule has 0 amide bonds. The van der Waals surface area contributed by atoms with E-state index in [-0.39, 0.29) is 0 Å².